The minimum atomic E-state index is -5.79. The van der Waals surface area contributed by atoms with Crippen LogP contribution in [0.3, 0.4) is 0 Å². The summed E-state index contributed by atoms with van der Waals surface area (Å²) in [6.07, 6.45) is -9.20. The first kappa shape index (κ1) is 26.3. The molecule has 10 heteroatoms. The highest BCUT2D eigenvalue weighted by atomic mass is 19.4. The third-order valence-corrected chi connectivity index (χ3v) is 5.01. The summed E-state index contributed by atoms with van der Waals surface area (Å²) in [5, 5.41) is 18.0. The molecular formula is C23H22F6O4. The lowest BCUT2D eigenvalue weighted by molar-refractivity contribution is -0.288. The van der Waals surface area contributed by atoms with E-state index in [1.165, 1.54) is 12.2 Å². The first-order chi connectivity index (χ1) is 15.5. The second kappa shape index (κ2) is 10.3. The predicted molar refractivity (Wildman–Crippen MR) is 109 cm³/mol. The van der Waals surface area contributed by atoms with Gasteiger partial charge in [-0.05, 0) is 47.2 Å². The van der Waals surface area contributed by atoms with Gasteiger partial charge < -0.3 is 19.7 Å². The van der Waals surface area contributed by atoms with Crippen molar-refractivity contribution in [2.45, 2.75) is 30.6 Å². The highest BCUT2D eigenvalue weighted by Gasteiger charge is 2.72. The van der Waals surface area contributed by atoms with Crippen molar-refractivity contribution in [3.8, 4) is 11.5 Å². The van der Waals surface area contributed by atoms with E-state index >= 15 is 0 Å². The molecule has 0 unspecified atom stereocenters. The molecule has 0 aromatic heterocycles. The van der Waals surface area contributed by atoms with Gasteiger partial charge in [0.15, 0.2) is 13.6 Å². The van der Waals surface area contributed by atoms with E-state index in [0.717, 1.165) is 24.3 Å². The van der Waals surface area contributed by atoms with Gasteiger partial charge >= 0.3 is 12.4 Å². The van der Waals surface area contributed by atoms with Crippen LogP contribution in [0.15, 0.2) is 61.7 Å². The molecule has 0 saturated carbocycles. The second-order valence-corrected chi connectivity index (χ2v) is 6.92. The van der Waals surface area contributed by atoms with Gasteiger partial charge in [0.25, 0.3) is 0 Å². The SMILES string of the molecule is C=CCc1cc(C(c2ccc(OCO)c(CC=C)c2)(C(F)(F)F)C(F)(F)F)ccc1OCO. The number of halogens is 6. The van der Waals surface area contributed by atoms with E-state index in [4.69, 9.17) is 19.7 Å². The molecule has 2 rings (SSSR count). The van der Waals surface area contributed by atoms with Crippen LogP contribution in [0.5, 0.6) is 11.5 Å². The van der Waals surface area contributed by atoms with Gasteiger partial charge in [-0.15, -0.1) is 13.2 Å². The van der Waals surface area contributed by atoms with Gasteiger partial charge in [-0.3, -0.25) is 0 Å². The average molecular weight is 476 g/mol. The molecule has 4 nitrogen and oxygen atoms in total. The van der Waals surface area contributed by atoms with E-state index in [1.54, 1.807) is 0 Å². The number of ether oxygens (including phenoxy) is 2. The largest absolute Gasteiger partial charge is 0.467 e. The Labute approximate surface area is 186 Å². The third-order valence-electron chi connectivity index (χ3n) is 5.01. The molecule has 0 bridgehead atoms. The Bertz CT molecular complexity index is 902. The fourth-order valence-corrected chi connectivity index (χ4v) is 3.66. The van der Waals surface area contributed by atoms with Crippen LogP contribution in [-0.2, 0) is 18.3 Å². The molecular weight excluding hydrogens is 454 g/mol. The van der Waals surface area contributed by atoms with Crippen molar-refractivity contribution < 1.29 is 46.0 Å². The van der Waals surface area contributed by atoms with Crippen LogP contribution in [0.1, 0.15) is 22.3 Å². The summed E-state index contributed by atoms with van der Waals surface area (Å²) < 4.78 is 96.7. The molecule has 0 aliphatic carbocycles. The van der Waals surface area contributed by atoms with Gasteiger partial charge in [0.1, 0.15) is 11.5 Å². The molecule has 2 N–H and O–H groups in total. The van der Waals surface area contributed by atoms with Crippen molar-refractivity contribution in [3.63, 3.8) is 0 Å². The molecule has 0 saturated heterocycles. The van der Waals surface area contributed by atoms with Gasteiger partial charge in [-0.25, -0.2) is 0 Å². The number of alkyl halides is 6. The molecule has 2 aromatic rings. The van der Waals surface area contributed by atoms with E-state index in [-0.39, 0.29) is 35.5 Å². The van der Waals surface area contributed by atoms with Gasteiger partial charge in [0.05, 0.1) is 0 Å². The van der Waals surface area contributed by atoms with Crippen LogP contribution in [0, 0.1) is 0 Å². The lowest BCUT2D eigenvalue weighted by atomic mass is 9.72. The first-order valence-electron chi connectivity index (χ1n) is 9.57. The molecule has 0 spiro atoms. The zero-order valence-electron chi connectivity index (χ0n) is 17.3. The van der Waals surface area contributed by atoms with Crippen LogP contribution in [0.25, 0.3) is 0 Å². The number of benzene rings is 2. The maximum absolute atomic E-state index is 14.5. The minimum absolute atomic E-state index is 0.0130. The number of aliphatic hydroxyl groups is 2. The summed E-state index contributed by atoms with van der Waals surface area (Å²) in [4.78, 5) is 0. The van der Waals surface area contributed by atoms with Crippen molar-refractivity contribution in [2.24, 2.45) is 0 Å². The Morgan fingerprint density at radius 1 is 0.697 bits per heavy atom. The van der Waals surface area contributed by atoms with Crippen molar-refractivity contribution in [1.29, 1.82) is 0 Å². The zero-order valence-corrected chi connectivity index (χ0v) is 17.3. The lowest BCUT2D eigenvalue weighted by Gasteiger charge is -2.39. The zero-order chi connectivity index (χ0) is 24.9. The Balaban J connectivity index is 2.93. The summed E-state index contributed by atoms with van der Waals surface area (Å²) in [7, 11) is 0. The second-order valence-electron chi connectivity index (χ2n) is 6.92. The van der Waals surface area contributed by atoms with Gasteiger partial charge in [-0.1, -0.05) is 36.4 Å². The summed E-state index contributed by atoms with van der Waals surface area (Å²) in [5.41, 5.74) is -6.57. The van der Waals surface area contributed by atoms with E-state index in [1.807, 2.05) is 0 Å². The van der Waals surface area contributed by atoms with Crippen molar-refractivity contribution in [3.05, 3.63) is 84.0 Å². The number of rotatable bonds is 10. The van der Waals surface area contributed by atoms with Crippen LogP contribution in [0.2, 0.25) is 0 Å². The van der Waals surface area contributed by atoms with Crippen LogP contribution in [0.4, 0.5) is 26.3 Å². The Morgan fingerprint density at radius 3 is 1.33 bits per heavy atom. The minimum Gasteiger partial charge on any atom is -0.467 e. The molecule has 0 fully saturated rings. The van der Waals surface area contributed by atoms with Gasteiger partial charge in [0, 0.05) is 0 Å². The molecule has 0 radical (unpaired) electrons. The maximum atomic E-state index is 14.5. The molecule has 0 heterocycles. The normalized spacial score (nSPS) is 12.4. The van der Waals surface area contributed by atoms with Crippen LogP contribution in [-0.4, -0.2) is 36.2 Å². The van der Waals surface area contributed by atoms with E-state index in [2.05, 4.69) is 13.2 Å². The molecule has 0 aliphatic heterocycles. The van der Waals surface area contributed by atoms with Crippen molar-refractivity contribution >= 4 is 0 Å². The maximum Gasteiger partial charge on any atom is 0.411 e. The van der Waals surface area contributed by atoms with Crippen LogP contribution >= 0.6 is 0 Å². The highest BCUT2D eigenvalue weighted by Crippen LogP contribution is 2.57. The van der Waals surface area contributed by atoms with E-state index in [9.17, 15) is 26.3 Å². The summed E-state index contributed by atoms with van der Waals surface area (Å²) in [6.45, 7) is 5.29. The van der Waals surface area contributed by atoms with E-state index < -0.39 is 42.5 Å². The fraction of sp³-hybridized carbons (Fsp3) is 0.304. The average Bonchev–Trinajstić information content (AvgIpc) is 2.70. The topological polar surface area (TPSA) is 58.9 Å². The molecule has 2 aromatic carbocycles. The standard InChI is InChI=1S/C23H22F6O4/c1-3-5-15-11-17(7-9-19(15)32-13-30)21(22(24,25)26,23(27,28)29)18-8-10-20(33-14-31)16(12-18)6-4-2/h3-4,7-12,30-31H,1-2,5-6,13-14H2. The lowest BCUT2D eigenvalue weighted by Crippen LogP contribution is -2.54. The number of hydrogen-bond acceptors (Lipinski definition) is 4. The number of hydrogen-bond donors (Lipinski definition) is 2. The van der Waals surface area contributed by atoms with Gasteiger partial charge in [0.2, 0.25) is 5.41 Å². The smallest absolute Gasteiger partial charge is 0.411 e. The highest BCUT2D eigenvalue weighted by molar-refractivity contribution is 5.52. The summed E-state index contributed by atoms with van der Waals surface area (Å²) in [6, 6.07) is 4.74. The van der Waals surface area contributed by atoms with Crippen LogP contribution < -0.4 is 9.47 Å². The number of allylic oxidation sites excluding steroid dienone is 2. The summed E-state index contributed by atoms with van der Waals surface area (Å²) in [5.74, 6) is -0.142. The number of aliphatic hydroxyl groups excluding tert-OH is 2. The molecule has 0 aliphatic rings. The third kappa shape index (κ3) is 5.01. The van der Waals surface area contributed by atoms with Gasteiger partial charge in [-0.2, -0.15) is 26.3 Å². The van der Waals surface area contributed by atoms with E-state index in [0.29, 0.717) is 12.1 Å². The molecule has 180 valence electrons. The molecule has 0 atom stereocenters. The molecule has 33 heavy (non-hydrogen) atoms. The van der Waals surface area contributed by atoms with Crippen molar-refractivity contribution in [2.75, 3.05) is 13.6 Å². The monoisotopic (exact) mass is 476 g/mol. The quantitative estimate of drug-likeness (QED) is 0.281. The van der Waals surface area contributed by atoms with Crippen molar-refractivity contribution in [1.82, 2.24) is 0 Å². The molecule has 0 amide bonds. The Hall–Kier alpha value is -2.98. The Morgan fingerprint density at radius 2 is 1.06 bits per heavy atom. The first-order valence-corrected chi connectivity index (χ1v) is 9.57. The Kier molecular flexibility index (Phi) is 8.20. The fourth-order valence-electron chi connectivity index (χ4n) is 3.66. The predicted octanol–water partition coefficient (Wildman–Crippen LogP) is 5.21. The summed E-state index contributed by atoms with van der Waals surface area (Å²) >= 11 is 0.